The van der Waals surface area contributed by atoms with Crippen LogP contribution in [0.15, 0.2) is 42.5 Å². The van der Waals surface area contributed by atoms with Crippen molar-refractivity contribution in [2.75, 3.05) is 20.6 Å². The van der Waals surface area contributed by atoms with Crippen LogP contribution in [-0.4, -0.2) is 25.5 Å². The van der Waals surface area contributed by atoms with Gasteiger partial charge in [-0.05, 0) is 74.1 Å². The molecular weight excluding hydrogens is 456 g/mol. The van der Waals surface area contributed by atoms with Gasteiger partial charge in [0.1, 0.15) is 0 Å². The van der Waals surface area contributed by atoms with Crippen LogP contribution in [0.2, 0.25) is 20.1 Å². The van der Waals surface area contributed by atoms with Crippen LogP contribution in [-0.2, 0) is 6.42 Å². The summed E-state index contributed by atoms with van der Waals surface area (Å²) in [6.07, 6.45) is 1.92. The maximum absolute atomic E-state index is 7.08. The van der Waals surface area contributed by atoms with Gasteiger partial charge in [0, 0.05) is 47.4 Å². The fourth-order valence-corrected chi connectivity index (χ4v) is 5.70. The lowest BCUT2D eigenvalue weighted by molar-refractivity contribution is 0.400. The van der Waals surface area contributed by atoms with Crippen molar-refractivity contribution >= 4 is 89.5 Å². The Hall–Kier alpha value is -1.48. The minimum absolute atomic E-state index is 0.664. The van der Waals surface area contributed by atoms with Crippen LogP contribution in [0.5, 0.6) is 0 Å². The van der Waals surface area contributed by atoms with E-state index in [9.17, 15) is 0 Å². The lowest BCUT2D eigenvalue weighted by Crippen LogP contribution is -2.13. The van der Waals surface area contributed by atoms with Crippen LogP contribution < -0.4 is 0 Å². The third-order valence-corrected chi connectivity index (χ3v) is 7.28. The molecule has 5 aromatic carbocycles. The van der Waals surface area contributed by atoms with E-state index in [-0.39, 0.29) is 0 Å². The first-order valence-corrected chi connectivity index (χ1v) is 11.4. The minimum Gasteiger partial charge on any atom is -0.309 e. The van der Waals surface area contributed by atoms with E-state index < -0.39 is 0 Å². The van der Waals surface area contributed by atoms with Crippen LogP contribution in [0.25, 0.3) is 43.1 Å². The Morgan fingerprint density at radius 2 is 1.13 bits per heavy atom. The number of rotatable bonds is 4. The maximum Gasteiger partial charge on any atom is 0.0523 e. The van der Waals surface area contributed by atoms with Crippen LogP contribution in [0, 0.1) is 0 Å². The zero-order chi connectivity index (χ0) is 21.2. The van der Waals surface area contributed by atoms with E-state index in [1.54, 1.807) is 0 Å². The Bertz CT molecular complexity index is 1430. The molecule has 0 fully saturated rings. The third-order valence-electron chi connectivity index (χ3n) is 5.90. The molecule has 5 rings (SSSR count). The molecule has 0 radical (unpaired) electrons. The Morgan fingerprint density at radius 3 is 1.70 bits per heavy atom. The van der Waals surface area contributed by atoms with Crippen molar-refractivity contribution in [3.05, 3.63) is 68.1 Å². The van der Waals surface area contributed by atoms with Crippen molar-refractivity contribution in [1.82, 2.24) is 4.90 Å². The Balaban J connectivity index is 2.00. The van der Waals surface area contributed by atoms with E-state index in [4.69, 9.17) is 46.4 Å². The second-order valence-corrected chi connectivity index (χ2v) is 9.69. The van der Waals surface area contributed by atoms with Crippen LogP contribution in [0.4, 0.5) is 0 Å². The second kappa shape index (κ2) is 7.58. The van der Waals surface area contributed by atoms with Gasteiger partial charge in [0.05, 0.1) is 5.02 Å². The molecule has 0 amide bonds. The van der Waals surface area contributed by atoms with E-state index in [0.29, 0.717) is 15.1 Å². The first-order valence-electron chi connectivity index (χ1n) is 9.88. The highest BCUT2D eigenvalue weighted by Crippen LogP contribution is 2.50. The molecule has 0 aliphatic heterocycles. The highest BCUT2D eigenvalue weighted by atomic mass is 35.5. The molecule has 5 heteroatoms. The standard InChI is InChI=1S/C25H19Cl4N/c1-30(2)11-3-4-15-12-14-7-10-17(27)22-20(14)24(25(15)29)23-18(28)9-6-13-5-8-16(26)21(22)19(13)23/h5-10,12H,3-4,11H2,1-2H3. The van der Waals surface area contributed by atoms with Gasteiger partial charge in [0.25, 0.3) is 0 Å². The highest BCUT2D eigenvalue weighted by molar-refractivity contribution is 6.53. The molecule has 0 aliphatic carbocycles. The Labute approximate surface area is 195 Å². The van der Waals surface area contributed by atoms with E-state index in [1.165, 1.54) is 0 Å². The number of fused-ring (bicyclic) bond motifs is 2. The van der Waals surface area contributed by atoms with E-state index in [2.05, 4.69) is 31.1 Å². The largest absolute Gasteiger partial charge is 0.309 e. The highest BCUT2D eigenvalue weighted by Gasteiger charge is 2.22. The molecule has 0 unspecified atom stereocenters. The average Bonchev–Trinajstić information content (AvgIpc) is 2.71. The predicted molar refractivity (Wildman–Crippen MR) is 135 cm³/mol. The third kappa shape index (κ3) is 3.03. The summed E-state index contributed by atoms with van der Waals surface area (Å²) in [6, 6.07) is 14.1. The summed E-state index contributed by atoms with van der Waals surface area (Å²) in [6.45, 7) is 1.00. The molecule has 0 saturated carbocycles. The van der Waals surface area contributed by atoms with Gasteiger partial charge in [-0.25, -0.2) is 0 Å². The van der Waals surface area contributed by atoms with Crippen LogP contribution >= 0.6 is 46.4 Å². The van der Waals surface area contributed by atoms with Gasteiger partial charge in [-0.3, -0.25) is 0 Å². The van der Waals surface area contributed by atoms with E-state index >= 15 is 0 Å². The van der Waals surface area contributed by atoms with E-state index in [1.807, 2.05) is 30.3 Å². The van der Waals surface area contributed by atoms with Crippen molar-refractivity contribution in [2.24, 2.45) is 0 Å². The first-order chi connectivity index (χ1) is 14.4. The number of halogens is 4. The quantitative estimate of drug-likeness (QED) is 0.185. The molecule has 0 aromatic heterocycles. The normalized spacial score (nSPS) is 12.4. The van der Waals surface area contributed by atoms with Gasteiger partial charge in [0.15, 0.2) is 0 Å². The average molecular weight is 475 g/mol. The van der Waals surface area contributed by atoms with Gasteiger partial charge in [0.2, 0.25) is 0 Å². The summed E-state index contributed by atoms with van der Waals surface area (Å²) in [5, 5.41) is 10.8. The van der Waals surface area contributed by atoms with Crippen molar-refractivity contribution < 1.29 is 0 Å². The van der Waals surface area contributed by atoms with Gasteiger partial charge in [-0.2, -0.15) is 0 Å². The minimum atomic E-state index is 0.664. The lowest BCUT2D eigenvalue weighted by atomic mass is 9.88. The summed E-state index contributed by atoms with van der Waals surface area (Å²) in [7, 11) is 4.17. The Morgan fingerprint density at radius 1 is 0.633 bits per heavy atom. The summed E-state index contributed by atoms with van der Waals surface area (Å²) in [5.74, 6) is 0. The molecule has 1 nitrogen and oxygen atoms in total. The van der Waals surface area contributed by atoms with Crippen molar-refractivity contribution in [3.63, 3.8) is 0 Å². The molecule has 0 bridgehead atoms. The van der Waals surface area contributed by atoms with Crippen molar-refractivity contribution in [3.8, 4) is 0 Å². The molecule has 0 aliphatic rings. The van der Waals surface area contributed by atoms with Crippen molar-refractivity contribution in [1.29, 1.82) is 0 Å². The molecule has 0 spiro atoms. The number of benzene rings is 5. The predicted octanol–water partition coefficient (Wildman–Crippen LogP) is 8.84. The topological polar surface area (TPSA) is 3.24 Å². The number of aryl methyl sites for hydroxylation is 1. The number of hydrogen-bond donors (Lipinski definition) is 0. The molecule has 0 heterocycles. The monoisotopic (exact) mass is 473 g/mol. The number of nitrogens with zero attached hydrogens (tertiary/aromatic N) is 1. The molecule has 152 valence electrons. The van der Waals surface area contributed by atoms with Crippen LogP contribution in [0.3, 0.4) is 0 Å². The molecule has 0 saturated heterocycles. The SMILES string of the molecule is CN(C)CCCc1cc2ccc(Cl)c3c4c(Cl)ccc5ccc(Cl)c(c(c1Cl)c23)c54. The molecule has 0 N–H and O–H groups in total. The summed E-state index contributed by atoms with van der Waals surface area (Å²) in [5.41, 5.74) is 1.13. The first kappa shape index (κ1) is 20.4. The zero-order valence-corrected chi connectivity index (χ0v) is 19.6. The lowest BCUT2D eigenvalue weighted by Gasteiger charge is -2.20. The number of hydrogen-bond acceptors (Lipinski definition) is 1. The van der Waals surface area contributed by atoms with Crippen LogP contribution in [0.1, 0.15) is 12.0 Å². The molecule has 0 atom stereocenters. The molecule has 5 aromatic rings. The Kier molecular flexibility index (Phi) is 5.16. The zero-order valence-electron chi connectivity index (χ0n) is 16.6. The summed E-state index contributed by atoms with van der Waals surface area (Å²) < 4.78 is 0. The van der Waals surface area contributed by atoms with Crippen molar-refractivity contribution in [2.45, 2.75) is 12.8 Å². The maximum atomic E-state index is 7.08. The van der Waals surface area contributed by atoms with Gasteiger partial charge >= 0.3 is 0 Å². The summed E-state index contributed by atoms with van der Waals surface area (Å²) >= 11 is 27.3. The van der Waals surface area contributed by atoms with Gasteiger partial charge in [-0.1, -0.05) is 64.6 Å². The smallest absolute Gasteiger partial charge is 0.0523 e. The molecular formula is C25H19Cl4N. The van der Waals surface area contributed by atoms with E-state index in [0.717, 1.165) is 73.1 Å². The molecule has 30 heavy (non-hydrogen) atoms. The fraction of sp³-hybridized carbons (Fsp3) is 0.200. The fourth-order valence-electron chi connectivity index (χ4n) is 4.61. The van der Waals surface area contributed by atoms with Gasteiger partial charge < -0.3 is 4.90 Å². The summed E-state index contributed by atoms with van der Waals surface area (Å²) in [4.78, 5) is 2.19. The second-order valence-electron chi connectivity index (χ2n) is 8.09. The van der Waals surface area contributed by atoms with Gasteiger partial charge in [-0.15, -0.1) is 0 Å².